The van der Waals surface area contributed by atoms with Crippen molar-refractivity contribution < 1.29 is 22.4 Å². The maximum atomic E-state index is 13.1. The Kier molecular flexibility index (Phi) is 4.92. The molecule has 3 rings (SSSR count). The molecule has 1 aromatic carbocycles. The number of nitrogens with one attached hydrogen (secondary N) is 1. The van der Waals surface area contributed by atoms with Gasteiger partial charge in [-0.1, -0.05) is 17.7 Å². The second kappa shape index (κ2) is 7.03. The maximum absolute atomic E-state index is 13.1. The standard InChI is InChI=1S/C16H12ClF4N5O/c1-25-14(16(19,20)21)5-13(24-25)15(27)23-11-6-22-26(8-11)7-9-2-3-10(18)4-12(9)17/h2-6,8H,7H2,1H3,(H,23,27). The number of hydrogen-bond donors (Lipinski definition) is 1. The second-order valence-electron chi connectivity index (χ2n) is 5.65. The van der Waals surface area contributed by atoms with Gasteiger partial charge in [-0.25, -0.2) is 4.39 Å². The van der Waals surface area contributed by atoms with Gasteiger partial charge in [0.15, 0.2) is 5.69 Å². The summed E-state index contributed by atoms with van der Waals surface area (Å²) in [4.78, 5) is 12.1. The third kappa shape index (κ3) is 4.27. The molecule has 1 N–H and O–H groups in total. The van der Waals surface area contributed by atoms with Crippen molar-refractivity contribution in [1.29, 1.82) is 0 Å². The lowest BCUT2D eigenvalue weighted by Gasteiger charge is -2.04. The highest BCUT2D eigenvalue weighted by atomic mass is 35.5. The number of nitrogens with zero attached hydrogens (tertiary/aromatic N) is 4. The maximum Gasteiger partial charge on any atom is 0.433 e. The Hall–Kier alpha value is -2.88. The molecule has 0 bridgehead atoms. The summed E-state index contributed by atoms with van der Waals surface area (Å²) >= 11 is 5.95. The fourth-order valence-electron chi connectivity index (χ4n) is 2.38. The molecule has 27 heavy (non-hydrogen) atoms. The second-order valence-corrected chi connectivity index (χ2v) is 6.06. The van der Waals surface area contributed by atoms with E-state index in [1.165, 1.54) is 35.3 Å². The Morgan fingerprint density at radius 1 is 1.30 bits per heavy atom. The van der Waals surface area contributed by atoms with Crippen LogP contribution in [0.3, 0.4) is 0 Å². The van der Waals surface area contributed by atoms with E-state index in [2.05, 4.69) is 15.5 Å². The fraction of sp³-hybridized carbons (Fsp3) is 0.188. The van der Waals surface area contributed by atoms with Gasteiger partial charge >= 0.3 is 6.18 Å². The van der Waals surface area contributed by atoms with E-state index in [4.69, 9.17) is 11.6 Å². The lowest BCUT2D eigenvalue weighted by molar-refractivity contribution is -0.143. The molecule has 0 radical (unpaired) electrons. The third-order valence-corrected chi connectivity index (χ3v) is 3.99. The van der Waals surface area contributed by atoms with Crippen molar-refractivity contribution in [2.24, 2.45) is 7.05 Å². The SMILES string of the molecule is Cn1nc(C(=O)Nc2cnn(Cc3ccc(F)cc3Cl)c2)cc1C(F)(F)F. The molecular formula is C16H12ClF4N5O. The summed E-state index contributed by atoms with van der Waals surface area (Å²) in [6.45, 7) is 0.219. The lowest BCUT2D eigenvalue weighted by Crippen LogP contribution is -2.12. The Labute approximate surface area is 155 Å². The molecule has 3 aromatic rings. The van der Waals surface area contributed by atoms with E-state index < -0.39 is 23.6 Å². The number of carbonyl (C=O) groups excluding carboxylic acids is 1. The predicted octanol–water partition coefficient (Wildman–Crippen LogP) is 3.73. The van der Waals surface area contributed by atoms with Gasteiger partial charge in [0.2, 0.25) is 0 Å². The van der Waals surface area contributed by atoms with E-state index in [1.54, 1.807) is 0 Å². The molecule has 0 atom stereocenters. The monoisotopic (exact) mass is 401 g/mol. The van der Waals surface area contributed by atoms with Crippen LogP contribution in [0, 0.1) is 5.82 Å². The van der Waals surface area contributed by atoms with Crippen molar-refractivity contribution in [3.05, 3.63) is 64.5 Å². The molecule has 0 spiro atoms. The number of hydrogen-bond acceptors (Lipinski definition) is 3. The molecule has 0 aliphatic carbocycles. The van der Waals surface area contributed by atoms with Crippen LogP contribution in [0.25, 0.3) is 0 Å². The molecule has 142 valence electrons. The number of rotatable bonds is 4. The van der Waals surface area contributed by atoms with Gasteiger partial charge < -0.3 is 5.32 Å². The van der Waals surface area contributed by atoms with Crippen LogP contribution in [0.2, 0.25) is 5.02 Å². The van der Waals surface area contributed by atoms with Gasteiger partial charge in [0.05, 0.1) is 18.4 Å². The molecule has 0 unspecified atom stereocenters. The normalized spacial score (nSPS) is 11.6. The minimum atomic E-state index is -4.61. The summed E-state index contributed by atoms with van der Waals surface area (Å²) < 4.78 is 53.4. The van der Waals surface area contributed by atoms with Crippen LogP contribution in [0.15, 0.2) is 36.7 Å². The molecule has 0 saturated heterocycles. The lowest BCUT2D eigenvalue weighted by atomic mass is 10.2. The van der Waals surface area contributed by atoms with Crippen molar-refractivity contribution in [3.63, 3.8) is 0 Å². The number of carbonyl (C=O) groups is 1. The summed E-state index contributed by atoms with van der Waals surface area (Å²) in [7, 11) is 1.10. The van der Waals surface area contributed by atoms with E-state index >= 15 is 0 Å². The van der Waals surface area contributed by atoms with Crippen molar-refractivity contribution >= 4 is 23.2 Å². The van der Waals surface area contributed by atoms with Crippen molar-refractivity contribution in [1.82, 2.24) is 19.6 Å². The number of amides is 1. The van der Waals surface area contributed by atoms with Crippen LogP contribution in [0.5, 0.6) is 0 Å². The minimum Gasteiger partial charge on any atom is -0.318 e. The molecule has 2 aromatic heterocycles. The van der Waals surface area contributed by atoms with E-state index in [9.17, 15) is 22.4 Å². The van der Waals surface area contributed by atoms with Gasteiger partial charge in [-0.2, -0.15) is 23.4 Å². The number of aryl methyl sites for hydroxylation is 1. The van der Waals surface area contributed by atoms with Crippen molar-refractivity contribution in [2.45, 2.75) is 12.7 Å². The van der Waals surface area contributed by atoms with Crippen LogP contribution < -0.4 is 5.32 Å². The molecule has 0 aliphatic rings. The van der Waals surface area contributed by atoms with Gasteiger partial charge in [-0.3, -0.25) is 14.2 Å². The number of benzene rings is 1. The van der Waals surface area contributed by atoms with Gasteiger partial charge in [0.1, 0.15) is 11.5 Å². The van der Waals surface area contributed by atoms with Crippen LogP contribution in [-0.2, 0) is 19.8 Å². The zero-order chi connectivity index (χ0) is 19.8. The number of anilines is 1. The Bertz CT molecular complexity index is 995. The fourth-order valence-corrected chi connectivity index (χ4v) is 2.60. The molecule has 11 heteroatoms. The molecule has 1 amide bonds. The molecule has 0 fully saturated rings. The first-order valence-corrected chi connectivity index (χ1v) is 7.90. The van der Waals surface area contributed by atoms with Crippen LogP contribution in [0.4, 0.5) is 23.2 Å². The zero-order valence-electron chi connectivity index (χ0n) is 13.8. The summed E-state index contributed by atoms with van der Waals surface area (Å²) in [5.74, 6) is -1.27. The molecule has 2 heterocycles. The third-order valence-electron chi connectivity index (χ3n) is 3.64. The minimum absolute atomic E-state index is 0.219. The van der Waals surface area contributed by atoms with Crippen molar-refractivity contribution in [3.8, 4) is 0 Å². The molecule has 0 aliphatic heterocycles. The van der Waals surface area contributed by atoms with E-state index in [1.807, 2.05) is 0 Å². The van der Waals surface area contributed by atoms with Gasteiger partial charge in [0, 0.05) is 24.3 Å². The summed E-state index contributed by atoms with van der Waals surface area (Å²) in [5.41, 5.74) is -0.538. The smallest absolute Gasteiger partial charge is 0.318 e. The largest absolute Gasteiger partial charge is 0.433 e. The van der Waals surface area contributed by atoms with E-state index in [-0.39, 0.29) is 22.9 Å². The Balaban J connectivity index is 1.71. The molecular weight excluding hydrogens is 390 g/mol. The van der Waals surface area contributed by atoms with Crippen LogP contribution >= 0.6 is 11.6 Å². The number of aromatic nitrogens is 4. The first-order valence-electron chi connectivity index (χ1n) is 7.52. The topological polar surface area (TPSA) is 64.7 Å². The summed E-state index contributed by atoms with van der Waals surface area (Å²) in [6, 6.07) is 4.59. The average molecular weight is 402 g/mol. The quantitative estimate of drug-likeness (QED) is 0.677. The number of alkyl halides is 3. The van der Waals surface area contributed by atoms with Crippen LogP contribution in [0.1, 0.15) is 21.7 Å². The first-order chi connectivity index (χ1) is 12.6. The average Bonchev–Trinajstić information content (AvgIpc) is 3.16. The highest BCUT2D eigenvalue weighted by Crippen LogP contribution is 2.29. The van der Waals surface area contributed by atoms with Crippen molar-refractivity contribution in [2.75, 3.05) is 5.32 Å². The predicted molar refractivity (Wildman–Crippen MR) is 88.9 cm³/mol. The van der Waals surface area contributed by atoms with E-state index in [0.717, 1.165) is 7.05 Å². The highest BCUT2D eigenvalue weighted by Gasteiger charge is 2.35. The summed E-state index contributed by atoms with van der Waals surface area (Å²) in [6.07, 6.45) is -1.83. The number of halogens is 5. The summed E-state index contributed by atoms with van der Waals surface area (Å²) in [5, 5.41) is 10.2. The first kappa shape index (κ1) is 18.9. The van der Waals surface area contributed by atoms with Gasteiger partial charge in [-0.05, 0) is 17.7 Å². The van der Waals surface area contributed by atoms with Gasteiger partial charge in [-0.15, -0.1) is 0 Å². The van der Waals surface area contributed by atoms with E-state index in [0.29, 0.717) is 16.3 Å². The van der Waals surface area contributed by atoms with Crippen LogP contribution in [-0.4, -0.2) is 25.5 Å². The highest BCUT2D eigenvalue weighted by molar-refractivity contribution is 6.31. The molecule has 6 nitrogen and oxygen atoms in total. The molecule has 0 saturated carbocycles. The Morgan fingerprint density at radius 3 is 2.67 bits per heavy atom. The Morgan fingerprint density at radius 2 is 2.04 bits per heavy atom. The van der Waals surface area contributed by atoms with Gasteiger partial charge in [0.25, 0.3) is 5.91 Å². The zero-order valence-corrected chi connectivity index (χ0v) is 14.5.